The van der Waals surface area contributed by atoms with E-state index in [0.29, 0.717) is 0 Å². The van der Waals surface area contributed by atoms with Gasteiger partial charge in [0.1, 0.15) is 0 Å². The molecule has 0 heterocycles. The van der Waals surface area contributed by atoms with Crippen molar-refractivity contribution in [1.82, 2.24) is 0 Å². The first-order valence-electron chi connectivity index (χ1n) is 0.800. The Balaban J connectivity index is -0.0000000400. The monoisotopic (exact) mass is 118 g/mol. The Bertz CT molecular complexity index is 58.2. The molecule has 40 valence electrons. The molecule has 7 heavy (non-hydrogen) atoms. The maximum atomic E-state index is 6.75. The summed E-state index contributed by atoms with van der Waals surface area (Å²) in [4.78, 5) is 3.00. The average Bonchev–Trinajstić information content (AvgIpc) is 1.39. The molecule has 1 atom stereocenters. The highest BCUT2D eigenvalue weighted by Gasteiger charge is 0.691. The van der Waals surface area contributed by atoms with Crippen molar-refractivity contribution in [2.45, 2.75) is 0 Å². The maximum Gasteiger partial charge on any atom is -0.153 e. The van der Waals surface area contributed by atoms with Gasteiger partial charge < -0.3 is 22.1 Å². The Kier molecular flexibility index (Phi) is 178. The van der Waals surface area contributed by atoms with Crippen LogP contribution in [0.5, 0.6) is 0 Å². The molecule has 6 nitrogen and oxygen atoms in total. The Morgan fingerprint density at radius 2 is 0.714 bits per heavy atom. The zero-order valence-electron chi connectivity index (χ0n) is 3.39. The van der Waals surface area contributed by atoms with E-state index in [1.807, 2.05) is 0 Å². The summed E-state index contributed by atoms with van der Waals surface area (Å²) in [7, 11) is 0. The minimum Gasteiger partial charge on any atom is -0.373 e. The Morgan fingerprint density at radius 1 is 0.714 bits per heavy atom. The summed E-state index contributed by atoms with van der Waals surface area (Å²) in [5.41, 5.74) is 27.0. The lowest BCUT2D eigenvalue weighted by Gasteiger charge is -1.32. The number of nitrogens with zero attached hydrogens (tertiary/aromatic N) is 6. The highest BCUT2D eigenvalue weighted by molar-refractivity contribution is 6.92. The smallest absolute Gasteiger partial charge is 0.153 e. The van der Waals surface area contributed by atoms with Crippen molar-refractivity contribution >= 4 is 9.90 Å². The van der Waals surface area contributed by atoms with Crippen molar-refractivity contribution < 1.29 is 0 Å². The SMILES string of the molecule is P.[N-]=[N+]=[N-].[N-]=[N+]=[N-]. The molecule has 0 fully saturated rings. The van der Waals surface area contributed by atoms with Gasteiger partial charge in [-0.25, -0.2) is 0 Å². The van der Waals surface area contributed by atoms with Crippen LogP contribution in [-0.2, 0) is 0 Å². The standard InChI is InChI=1S/2N3.H3P/c2*1-3-2;/h;;1H3/q2*-1;. The molecule has 0 amide bonds. The fourth-order valence-corrected chi connectivity index (χ4v) is 0. The van der Waals surface area contributed by atoms with E-state index in [1.54, 1.807) is 0 Å². The Labute approximate surface area is 43.0 Å². The van der Waals surface area contributed by atoms with E-state index in [4.69, 9.17) is 22.1 Å². The second-order valence-corrected chi connectivity index (χ2v) is 0.179. The van der Waals surface area contributed by atoms with Gasteiger partial charge in [0.2, 0.25) is 0 Å². The van der Waals surface area contributed by atoms with Crippen molar-refractivity contribution in [3.8, 4) is 0 Å². The second-order valence-electron chi connectivity index (χ2n) is 0.179. The first-order chi connectivity index (χ1) is 2.83. The highest BCUT2D eigenvalue weighted by Crippen LogP contribution is 1.29. The van der Waals surface area contributed by atoms with Crippen LogP contribution in [-0.4, -0.2) is 0 Å². The lowest BCUT2D eigenvalue weighted by molar-refractivity contribution is 2.36. The fraction of sp³-hybridized carbons (Fsp3) is 0. The third kappa shape index (κ3) is 52.1. The number of rotatable bonds is 0. The molecular weight excluding hydrogens is 115 g/mol. The normalized spacial score (nSPS) is 2.29. The highest BCUT2D eigenvalue weighted by atomic mass is 31.0. The van der Waals surface area contributed by atoms with E-state index in [0.717, 1.165) is 0 Å². The molecular formula is H3N6P-2. The second kappa shape index (κ2) is 75.1. The van der Waals surface area contributed by atoms with Crippen LogP contribution in [0.4, 0.5) is 0 Å². The van der Waals surface area contributed by atoms with Crippen molar-refractivity contribution in [2.24, 2.45) is 0 Å². The fourth-order valence-electron chi connectivity index (χ4n) is 0. The van der Waals surface area contributed by atoms with Gasteiger partial charge in [-0.05, 0) is 0 Å². The van der Waals surface area contributed by atoms with E-state index in [-0.39, 0.29) is 9.90 Å². The van der Waals surface area contributed by atoms with Crippen LogP contribution >= 0.6 is 9.90 Å². The van der Waals surface area contributed by atoms with Gasteiger partial charge in [-0.3, -0.25) is 9.82 Å². The van der Waals surface area contributed by atoms with E-state index in [2.05, 4.69) is 0 Å². The zero-order chi connectivity index (χ0) is 5.41. The van der Waals surface area contributed by atoms with Gasteiger partial charge in [0, 0.05) is 0 Å². The molecule has 0 N–H and O–H groups in total. The summed E-state index contributed by atoms with van der Waals surface area (Å²) in [6.45, 7) is 0. The third-order valence-corrected chi connectivity index (χ3v) is 0. The van der Waals surface area contributed by atoms with Gasteiger partial charge in [-0.15, -0.1) is 0 Å². The molecule has 0 radical (unpaired) electrons. The zero-order valence-corrected chi connectivity index (χ0v) is 4.80. The Morgan fingerprint density at radius 3 is 0.714 bits per heavy atom. The predicted molar refractivity (Wildman–Crippen MR) is 31.3 cm³/mol. The minimum atomic E-state index is 0. The Hall–Kier alpha value is -0.950. The molecule has 0 aromatic carbocycles. The average molecular weight is 118 g/mol. The summed E-state index contributed by atoms with van der Waals surface area (Å²) in [5.74, 6) is 0. The van der Waals surface area contributed by atoms with Crippen molar-refractivity contribution in [3.63, 3.8) is 0 Å². The molecule has 0 aliphatic carbocycles. The number of hydrogen-bond acceptors (Lipinski definition) is 0. The molecule has 0 aliphatic heterocycles. The third-order valence-electron chi connectivity index (χ3n) is 0. The van der Waals surface area contributed by atoms with Gasteiger partial charge in [0.15, 0.2) is 0 Å². The summed E-state index contributed by atoms with van der Waals surface area (Å²) >= 11 is 0. The topological polar surface area (TPSA) is 117 Å². The molecule has 1 unspecified atom stereocenters. The van der Waals surface area contributed by atoms with Crippen LogP contribution in [0.1, 0.15) is 0 Å². The van der Waals surface area contributed by atoms with E-state index >= 15 is 0 Å². The maximum absolute atomic E-state index is 6.75. The van der Waals surface area contributed by atoms with Crippen molar-refractivity contribution in [3.05, 3.63) is 31.9 Å². The lowest BCUT2D eigenvalue weighted by Crippen LogP contribution is -0.711. The van der Waals surface area contributed by atoms with E-state index in [1.165, 1.54) is 9.82 Å². The summed E-state index contributed by atoms with van der Waals surface area (Å²) in [6.07, 6.45) is 0. The van der Waals surface area contributed by atoms with Crippen LogP contribution in [0.15, 0.2) is 0 Å². The summed E-state index contributed by atoms with van der Waals surface area (Å²) in [6, 6.07) is 0. The quantitative estimate of drug-likeness (QED) is 0.199. The predicted octanol–water partition coefficient (Wildman–Crippen LogP) is 1.79. The molecule has 0 aliphatic rings. The van der Waals surface area contributed by atoms with Gasteiger partial charge in [0.05, 0.1) is 0 Å². The van der Waals surface area contributed by atoms with Gasteiger partial charge >= 0.3 is 0 Å². The lowest BCUT2D eigenvalue weighted by atomic mass is 13.0. The van der Waals surface area contributed by atoms with Crippen LogP contribution in [0.25, 0.3) is 31.9 Å². The minimum absolute atomic E-state index is 0. The number of hydrogen-bond donors (Lipinski definition) is 0. The van der Waals surface area contributed by atoms with Gasteiger partial charge in [-0.2, -0.15) is 9.90 Å². The summed E-state index contributed by atoms with van der Waals surface area (Å²) in [5, 5.41) is 0. The van der Waals surface area contributed by atoms with E-state index in [9.17, 15) is 0 Å². The molecule has 0 saturated carbocycles. The first-order valence-corrected chi connectivity index (χ1v) is 0.800. The molecule has 0 aromatic rings. The summed E-state index contributed by atoms with van der Waals surface area (Å²) < 4.78 is 0. The van der Waals surface area contributed by atoms with Crippen LogP contribution < -0.4 is 0 Å². The van der Waals surface area contributed by atoms with Crippen molar-refractivity contribution in [1.29, 1.82) is 0 Å². The van der Waals surface area contributed by atoms with Crippen LogP contribution in [0.3, 0.4) is 0 Å². The van der Waals surface area contributed by atoms with Gasteiger partial charge in [0.25, 0.3) is 0 Å². The van der Waals surface area contributed by atoms with Gasteiger partial charge in [-0.1, -0.05) is 0 Å². The van der Waals surface area contributed by atoms with Crippen LogP contribution in [0.2, 0.25) is 0 Å². The molecule has 0 bridgehead atoms. The molecule has 0 rings (SSSR count). The first kappa shape index (κ1) is 16.6. The van der Waals surface area contributed by atoms with E-state index < -0.39 is 0 Å². The van der Waals surface area contributed by atoms with Crippen molar-refractivity contribution in [2.75, 3.05) is 0 Å². The molecule has 7 heteroatoms. The molecule has 0 saturated heterocycles. The molecule has 0 spiro atoms. The largest absolute Gasteiger partial charge is 0.373 e. The molecule has 0 aromatic heterocycles. The van der Waals surface area contributed by atoms with Crippen LogP contribution in [0, 0.1) is 0 Å².